The van der Waals surface area contributed by atoms with Crippen molar-refractivity contribution in [3.05, 3.63) is 4.13 Å². The molecule has 1 amide bonds. The van der Waals surface area contributed by atoms with Crippen molar-refractivity contribution in [1.82, 2.24) is 5.32 Å². The second-order valence-electron chi connectivity index (χ2n) is 9.32. The maximum Gasteiger partial charge on any atom is 0.501 e. The lowest BCUT2D eigenvalue weighted by molar-refractivity contribution is -0.923. The van der Waals surface area contributed by atoms with E-state index in [1.54, 1.807) is 0 Å². The number of halogens is 6. The number of likely N-dealkylation sites (N-methyl/N-ethyl adjacent to an activating group) is 1. The molecule has 0 unspecified atom stereocenters. The fourth-order valence-corrected chi connectivity index (χ4v) is 7.90. The average molecular weight is 716 g/mol. The summed E-state index contributed by atoms with van der Waals surface area (Å²) in [5.74, 6) is 0. The van der Waals surface area contributed by atoms with Gasteiger partial charge in [0.1, 0.15) is 13.2 Å². The number of hydrogen-bond acceptors (Lipinski definition) is 9. The van der Waals surface area contributed by atoms with Crippen LogP contribution in [0, 0.1) is 0 Å². The van der Waals surface area contributed by atoms with Gasteiger partial charge in [-0.15, -0.1) is 0 Å². The summed E-state index contributed by atoms with van der Waals surface area (Å²) in [6.07, 6.45) is 3.18. The quantitative estimate of drug-likeness (QED) is 0.0728. The first-order valence-electron chi connectivity index (χ1n) is 14.2. The van der Waals surface area contributed by atoms with Crippen LogP contribution < -0.4 is 5.32 Å². The van der Waals surface area contributed by atoms with Crippen LogP contribution in [0.4, 0.5) is 31.1 Å². The minimum Gasteiger partial charge on any atom is -0.444 e. The topological polar surface area (TPSA) is 148 Å². The zero-order valence-electron chi connectivity index (χ0n) is 26.1. The van der Waals surface area contributed by atoms with Crippen LogP contribution in [0.25, 0.3) is 4.13 Å². The molecule has 0 aliphatic heterocycles. The Morgan fingerprint density at radius 2 is 1.11 bits per heavy atom. The van der Waals surface area contributed by atoms with Crippen molar-refractivity contribution < 1.29 is 70.5 Å². The number of sulfonamides is 2. The molecule has 0 aliphatic carbocycles. The minimum atomic E-state index is -6.72. The largest absolute Gasteiger partial charge is 0.501 e. The first-order valence-corrected chi connectivity index (χ1v) is 19.0. The SMILES string of the molecule is CCCO[Si](CCCNC(=O)OCC[N+](CC)(CC)CC)(OCCC)OCCC.O=S(=O)([N-]S(=O)(=O)C(F)(F)F)C(F)(F)F. The third-order valence-corrected chi connectivity index (χ3v) is 11.7. The van der Waals surface area contributed by atoms with E-state index in [4.69, 9.17) is 18.0 Å². The molecular formula is C23H47F6N3O9S2Si. The van der Waals surface area contributed by atoms with Crippen LogP contribution in [0.3, 0.4) is 0 Å². The standard InChI is InChI=1S/C21H46N2O5Si.C2F6NO4S2/c1-7-16-26-29(27-17-8-2,28-18-9-3)20-13-14-22-21(24)25-19-15-23(10-4,11-5)12-6;3-1(4,5)14(10,11)9-15(12,13)2(6,7)8/h7-20H2,1-6H3;/q;-1/p+1. The maximum absolute atomic E-state index is 12.0. The molecule has 0 bridgehead atoms. The van der Waals surface area contributed by atoms with Crippen molar-refractivity contribution in [1.29, 1.82) is 0 Å². The molecule has 1 N–H and O–H groups in total. The second kappa shape index (κ2) is 20.8. The van der Waals surface area contributed by atoms with Crippen LogP contribution in [-0.2, 0) is 38.1 Å². The van der Waals surface area contributed by atoms with Gasteiger partial charge in [-0.25, -0.2) is 21.6 Å². The number of carbonyl (C=O) groups is 1. The molecule has 0 aromatic heterocycles. The van der Waals surface area contributed by atoms with E-state index in [-0.39, 0.29) is 6.09 Å². The highest BCUT2D eigenvalue weighted by molar-refractivity contribution is 8.13. The number of hydrogen-bond donors (Lipinski definition) is 1. The number of rotatable bonds is 21. The predicted octanol–water partition coefficient (Wildman–Crippen LogP) is 5.26. The van der Waals surface area contributed by atoms with E-state index in [2.05, 4.69) is 46.9 Å². The van der Waals surface area contributed by atoms with E-state index in [0.29, 0.717) is 39.0 Å². The first kappa shape index (κ1) is 44.9. The molecule has 0 atom stereocenters. The summed E-state index contributed by atoms with van der Waals surface area (Å²) in [5, 5.41) is 2.85. The normalized spacial score (nSPS) is 13.3. The van der Waals surface area contributed by atoms with E-state index < -0.39 is 39.9 Å². The predicted molar refractivity (Wildman–Crippen MR) is 153 cm³/mol. The van der Waals surface area contributed by atoms with Crippen LogP contribution in [0.15, 0.2) is 0 Å². The van der Waals surface area contributed by atoms with Gasteiger partial charge < -0.3 is 31.9 Å². The molecule has 44 heavy (non-hydrogen) atoms. The number of nitrogens with zero attached hydrogens (tertiary/aromatic N) is 2. The van der Waals surface area contributed by atoms with Crippen LogP contribution >= 0.6 is 0 Å². The molecule has 21 heteroatoms. The summed E-state index contributed by atoms with van der Waals surface area (Å²) in [5.41, 5.74) is -12.4. The Morgan fingerprint density at radius 3 is 1.43 bits per heavy atom. The van der Waals surface area contributed by atoms with Crippen LogP contribution in [0.1, 0.15) is 67.2 Å². The van der Waals surface area contributed by atoms with Crippen molar-refractivity contribution in [2.45, 2.75) is 84.3 Å². The Bertz CT molecular complexity index is 942. The average Bonchev–Trinajstić information content (AvgIpc) is 2.93. The lowest BCUT2D eigenvalue weighted by Gasteiger charge is -2.35. The molecule has 0 rings (SSSR count). The Balaban J connectivity index is 0. The summed E-state index contributed by atoms with van der Waals surface area (Å²) >= 11 is 0. The number of amides is 1. The molecule has 0 aromatic carbocycles. The number of nitrogens with one attached hydrogen (secondary N) is 1. The van der Waals surface area contributed by atoms with Gasteiger partial charge in [0.05, 0.1) is 19.6 Å². The highest BCUT2D eigenvalue weighted by Crippen LogP contribution is 2.36. The fraction of sp³-hybridized carbons (Fsp3) is 0.957. The van der Waals surface area contributed by atoms with Gasteiger partial charge in [-0.3, -0.25) is 0 Å². The van der Waals surface area contributed by atoms with Gasteiger partial charge in [0.25, 0.3) is 0 Å². The van der Waals surface area contributed by atoms with Gasteiger partial charge >= 0.3 is 25.9 Å². The molecule has 0 fully saturated rings. The van der Waals surface area contributed by atoms with Crippen molar-refractivity contribution in [3.8, 4) is 0 Å². The van der Waals surface area contributed by atoms with Crippen LogP contribution in [0.5, 0.6) is 0 Å². The molecule has 0 heterocycles. The Morgan fingerprint density at radius 1 is 0.727 bits per heavy atom. The molecular weight excluding hydrogens is 668 g/mol. The monoisotopic (exact) mass is 715 g/mol. The summed E-state index contributed by atoms with van der Waals surface area (Å²) in [6.45, 7) is 19.7. The van der Waals surface area contributed by atoms with Gasteiger partial charge in [-0.2, -0.15) is 26.3 Å². The van der Waals surface area contributed by atoms with Crippen molar-refractivity contribution in [3.63, 3.8) is 0 Å². The van der Waals surface area contributed by atoms with E-state index >= 15 is 0 Å². The van der Waals surface area contributed by atoms with Crippen molar-refractivity contribution >= 4 is 34.9 Å². The minimum absolute atomic E-state index is 0.350. The molecule has 0 spiro atoms. The number of alkyl carbamates (subject to hydrolysis) is 1. The van der Waals surface area contributed by atoms with E-state index in [1.807, 2.05) is 0 Å². The molecule has 0 radical (unpaired) electrons. The third kappa shape index (κ3) is 16.9. The Hall–Kier alpha value is -1.23. The Labute approximate surface area is 258 Å². The number of carbonyl (C=O) groups excluding carboxylic acids is 1. The maximum atomic E-state index is 12.0. The molecule has 0 saturated carbocycles. The zero-order valence-corrected chi connectivity index (χ0v) is 28.7. The van der Waals surface area contributed by atoms with E-state index in [0.717, 1.165) is 60.5 Å². The summed E-state index contributed by atoms with van der Waals surface area (Å²) < 4.78 is 134. The van der Waals surface area contributed by atoms with Crippen LogP contribution in [0.2, 0.25) is 6.04 Å². The number of ether oxygens (including phenoxy) is 1. The van der Waals surface area contributed by atoms with Gasteiger partial charge in [0.2, 0.25) is 0 Å². The van der Waals surface area contributed by atoms with Crippen LogP contribution in [-0.4, -0.2) is 106 Å². The van der Waals surface area contributed by atoms with Gasteiger partial charge in [-0.1, -0.05) is 20.8 Å². The zero-order chi connectivity index (χ0) is 34.7. The molecule has 266 valence electrons. The first-order chi connectivity index (χ1) is 20.2. The van der Waals surface area contributed by atoms with Gasteiger partial charge in [0.15, 0.2) is 20.0 Å². The summed E-state index contributed by atoms with van der Waals surface area (Å²) in [6, 6.07) is 0.703. The van der Waals surface area contributed by atoms with E-state index in [9.17, 15) is 48.0 Å². The number of alkyl halides is 6. The smallest absolute Gasteiger partial charge is 0.444 e. The molecule has 12 nitrogen and oxygen atoms in total. The number of quaternary nitrogens is 1. The molecule has 0 aromatic rings. The van der Waals surface area contributed by atoms with E-state index in [1.165, 1.54) is 0 Å². The Kier molecular flexibility index (Phi) is 21.2. The van der Waals surface area contributed by atoms with Gasteiger partial charge in [-0.05, 0) is 46.5 Å². The lowest BCUT2D eigenvalue weighted by atomic mass is 10.3. The fourth-order valence-electron chi connectivity index (χ4n) is 3.35. The second-order valence-corrected chi connectivity index (χ2v) is 15.5. The molecule has 0 saturated heterocycles. The third-order valence-electron chi connectivity index (χ3n) is 6.10. The summed E-state index contributed by atoms with van der Waals surface area (Å²) in [4.78, 5) is 12.0. The lowest BCUT2D eigenvalue weighted by Crippen LogP contribution is -2.50. The van der Waals surface area contributed by atoms with Crippen molar-refractivity contribution in [2.24, 2.45) is 0 Å². The highest BCUT2D eigenvalue weighted by Gasteiger charge is 2.47. The highest BCUT2D eigenvalue weighted by atomic mass is 32.3. The van der Waals surface area contributed by atoms with Crippen molar-refractivity contribution in [2.75, 3.05) is 59.2 Å². The van der Waals surface area contributed by atoms with Gasteiger partial charge in [0, 0.05) is 32.4 Å². The molecule has 0 aliphatic rings. The summed E-state index contributed by atoms with van der Waals surface area (Å²) in [7, 11) is -16.1.